The quantitative estimate of drug-likeness (QED) is 0.751. The molecule has 4 heteroatoms. The molecule has 0 saturated carbocycles. The lowest BCUT2D eigenvalue weighted by Crippen LogP contribution is -2.38. The lowest BCUT2D eigenvalue weighted by atomic mass is 10.2. The summed E-state index contributed by atoms with van der Waals surface area (Å²) in [6, 6.07) is 19.5. The van der Waals surface area contributed by atoms with E-state index in [4.69, 9.17) is 4.74 Å². The van der Waals surface area contributed by atoms with Crippen LogP contribution in [0.15, 0.2) is 60.7 Å². The molecule has 0 saturated heterocycles. The largest absolute Gasteiger partial charge is 0.484 e. The molecule has 0 atom stereocenters. The Morgan fingerprint density at radius 1 is 0.913 bits per heavy atom. The van der Waals surface area contributed by atoms with E-state index in [1.807, 2.05) is 79.7 Å². The third kappa shape index (κ3) is 6.12. The molecule has 0 aliphatic heterocycles. The van der Waals surface area contributed by atoms with Crippen LogP contribution in [0.2, 0.25) is 0 Å². The number of likely N-dealkylation sites (N-methyl/N-ethyl adjacent to an activating group) is 1. The van der Waals surface area contributed by atoms with Crippen molar-refractivity contribution in [3.63, 3.8) is 0 Å². The summed E-state index contributed by atoms with van der Waals surface area (Å²) >= 11 is 0. The molecule has 1 amide bonds. The molecule has 0 fully saturated rings. The van der Waals surface area contributed by atoms with Gasteiger partial charge in [-0.3, -0.25) is 4.79 Å². The molecule has 0 aliphatic carbocycles. The second kappa shape index (κ2) is 8.96. The van der Waals surface area contributed by atoms with E-state index >= 15 is 0 Å². The van der Waals surface area contributed by atoms with Crippen LogP contribution in [-0.4, -0.2) is 49.5 Å². The molecule has 2 aromatic carbocycles. The van der Waals surface area contributed by atoms with E-state index in [1.165, 1.54) is 0 Å². The highest BCUT2D eigenvalue weighted by molar-refractivity contribution is 5.77. The molecule has 0 aromatic heterocycles. The van der Waals surface area contributed by atoms with Gasteiger partial charge in [0.25, 0.3) is 5.91 Å². The average molecular weight is 312 g/mol. The van der Waals surface area contributed by atoms with Gasteiger partial charge in [-0.25, -0.2) is 0 Å². The standard InChI is InChI=1S/C19H24N2O2/c1-20(2)13-14-21(15-17-9-5-3-6-10-17)19(22)16-23-18-11-7-4-8-12-18/h3-12H,13-16H2,1-2H3. The maximum Gasteiger partial charge on any atom is 0.260 e. The molecule has 0 bridgehead atoms. The number of hydrogen-bond donors (Lipinski definition) is 0. The molecule has 4 nitrogen and oxygen atoms in total. The predicted octanol–water partition coefficient (Wildman–Crippen LogP) is 2.66. The Labute approximate surface area is 138 Å². The fourth-order valence-electron chi connectivity index (χ4n) is 2.17. The van der Waals surface area contributed by atoms with Gasteiger partial charge in [0.15, 0.2) is 6.61 Å². The average Bonchev–Trinajstić information content (AvgIpc) is 2.58. The third-order valence-corrected chi connectivity index (χ3v) is 3.49. The lowest BCUT2D eigenvalue weighted by Gasteiger charge is -2.24. The van der Waals surface area contributed by atoms with Gasteiger partial charge in [0.05, 0.1) is 0 Å². The molecular weight excluding hydrogens is 288 g/mol. The minimum Gasteiger partial charge on any atom is -0.484 e. The summed E-state index contributed by atoms with van der Waals surface area (Å²) in [5.74, 6) is 0.715. The SMILES string of the molecule is CN(C)CCN(Cc1ccccc1)C(=O)COc1ccccc1. The normalized spacial score (nSPS) is 10.6. The van der Waals surface area contributed by atoms with Gasteiger partial charge in [-0.05, 0) is 31.8 Å². The summed E-state index contributed by atoms with van der Waals surface area (Å²) in [5.41, 5.74) is 1.12. The first kappa shape index (κ1) is 17.0. The van der Waals surface area contributed by atoms with Crippen molar-refractivity contribution in [1.82, 2.24) is 9.80 Å². The van der Waals surface area contributed by atoms with Crippen molar-refractivity contribution in [3.05, 3.63) is 66.2 Å². The molecule has 0 spiro atoms. The summed E-state index contributed by atoms with van der Waals surface area (Å²) in [6.45, 7) is 2.17. The Morgan fingerprint density at radius 2 is 1.52 bits per heavy atom. The van der Waals surface area contributed by atoms with E-state index in [1.54, 1.807) is 0 Å². The van der Waals surface area contributed by atoms with Crippen LogP contribution < -0.4 is 4.74 Å². The minimum atomic E-state index is -0.000411. The summed E-state index contributed by atoms with van der Waals surface area (Å²) in [5, 5.41) is 0. The Kier molecular flexibility index (Phi) is 6.63. The highest BCUT2D eigenvalue weighted by Crippen LogP contribution is 2.10. The number of carbonyl (C=O) groups excluding carboxylic acids is 1. The van der Waals surface area contributed by atoms with Gasteiger partial charge in [-0.1, -0.05) is 48.5 Å². The van der Waals surface area contributed by atoms with Crippen LogP contribution in [0.25, 0.3) is 0 Å². The predicted molar refractivity (Wildman–Crippen MR) is 92.4 cm³/mol. The van der Waals surface area contributed by atoms with Crippen molar-refractivity contribution in [2.45, 2.75) is 6.54 Å². The first-order valence-corrected chi connectivity index (χ1v) is 7.79. The molecule has 0 heterocycles. The highest BCUT2D eigenvalue weighted by Gasteiger charge is 2.15. The fourth-order valence-corrected chi connectivity index (χ4v) is 2.17. The Morgan fingerprint density at radius 3 is 2.13 bits per heavy atom. The molecule has 0 aliphatic rings. The maximum absolute atomic E-state index is 12.5. The van der Waals surface area contributed by atoms with E-state index in [0.29, 0.717) is 18.8 Å². The summed E-state index contributed by atoms with van der Waals surface area (Å²) in [7, 11) is 4.01. The van der Waals surface area contributed by atoms with Crippen molar-refractivity contribution in [3.8, 4) is 5.75 Å². The molecule has 2 rings (SSSR count). The zero-order valence-electron chi connectivity index (χ0n) is 13.8. The van der Waals surface area contributed by atoms with Crippen molar-refractivity contribution in [1.29, 1.82) is 0 Å². The van der Waals surface area contributed by atoms with Gasteiger partial charge in [-0.15, -0.1) is 0 Å². The van der Waals surface area contributed by atoms with Crippen LogP contribution in [0.5, 0.6) is 5.75 Å². The number of carbonyl (C=O) groups is 1. The topological polar surface area (TPSA) is 32.8 Å². The Bertz CT molecular complexity index is 585. The first-order valence-electron chi connectivity index (χ1n) is 7.79. The number of amides is 1. The van der Waals surface area contributed by atoms with Gasteiger partial charge >= 0.3 is 0 Å². The van der Waals surface area contributed by atoms with E-state index < -0.39 is 0 Å². The second-order valence-electron chi connectivity index (χ2n) is 5.71. The van der Waals surface area contributed by atoms with Crippen LogP contribution in [-0.2, 0) is 11.3 Å². The van der Waals surface area contributed by atoms with Crippen molar-refractivity contribution in [2.75, 3.05) is 33.8 Å². The number of rotatable bonds is 8. The van der Waals surface area contributed by atoms with Gasteiger partial charge in [0.1, 0.15) is 5.75 Å². The number of para-hydroxylation sites is 1. The van der Waals surface area contributed by atoms with E-state index in [9.17, 15) is 4.79 Å². The molecule has 23 heavy (non-hydrogen) atoms. The van der Waals surface area contributed by atoms with Crippen molar-refractivity contribution < 1.29 is 9.53 Å². The Balaban J connectivity index is 1.95. The van der Waals surface area contributed by atoms with Crippen LogP contribution in [0.4, 0.5) is 0 Å². The number of benzene rings is 2. The zero-order valence-corrected chi connectivity index (χ0v) is 13.8. The van der Waals surface area contributed by atoms with Gasteiger partial charge in [0, 0.05) is 19.6 Å². The highest BCUT2D eigenvalue weighted by atomic mass is 16.5. The smallest absolute Gasteiger partial charge is 0.260 e. The van der Waals surface area contributed by atoms with Crippen LogP contribution in [0.3, 0.4) is 0 Å². The number of hydrogen-bond acceptors (Lipinski definition) is 3. The Hall–Kier alpha value is -2.33. The molecule has 0 N–H and O–H groups in total. The zero-order chi connectivity index (χ0) is 16.5. The molecule has 122 valence electrons. The summed E-state index contributed by atoms with van der Waals surface area (Å²) < 4.78 is 5.59. The third-order valence-electron chi connectivity index (χ3n) is 3.49. The van der Waals surface area contributed by atoms with Gasteiger partial charge in [-0.2, -0.15) is 0 Å². The second-order valence-corrected chi connectivity index (χ2v) is 5.71. The minimum absolute atomic E-state index is 0.000411. The summed E-state index contributed by atoms with van der Waals surface area (Å²) in [4.78, 5) is 16.4. The van der Waals surface area contributed by atoms with E-state index in [-0.39, 0.29) is 12.5 Å². The van der Waals surface area contributed by atoms with E-state index in [2.05, 4.69) is 4.90 Å². The van der Waals surface area contributed by atoms with Gasteiger partial charge < -0.3 is 14.5 Å². The van der Waals surface area contributed by atoms with Crippen LogP contribution in [0, 0.1) is 0 Å². The number of nitrogens with zero attached hydrogens (tertiary/aromatic N) is 2. The molecular formula is C19H24N2O2. The number of ether oxygens (including phenoxy) is 1. The van der Waals surface area contributed by atoms with Crippen LogP contribution >= 0.6 is 0 Å². The van der Waals surface area contributed by atoms with E-state index in [0.717, 1.165) is 12.1 Å². The van der Waals surface area contributed by atoms with Crippen molar-refractivity contribution in [2.24, 2.45) is 0 Å². The van der Waals surface area contributed by atoms with Crippen LogP contribution in [0.1, 0.15) is 5.56 Å². The first-order chi connectivity index (χ1) is 11.1. The maximum atomic E-state index is 12.5. The van der Waals surface area contributed by atoms with Crippen molar-refractivity contribution >= 4 is 5.91 Å². The molecule has 0 radical (unpaired) electrons. The molecule has 0 unspecified atom stereocenters. The monoisotopic (exact) mass is 312 g/mol. The van der Waals surface area contributed by atoms with Gasteiger partial charge in [0.2, 0.25) is 0 Å². The summed E-state index contributed by atoms with van der Waals surface area (Å²) in [6.07, 6.45) is 0. The fraction of sp³-hybridized carbons (Fsp3) is 0.316. The molecule has 2 aromatic rings. The lowest BCUT2D eigenvalue weighted by molar-refractivity contribution is -0.134.